The van der Waals surface area contributed by atoms with E-state index >= 15 is 0 Å². The van der Waals surface area contributed by atoms with E-state index in [1.807, 2.05) is 0 Å². The molecule has 2 N–H and O–H groups in total. The Morgan fingerprint density at radius 3 is 2.78 bits per heavy atom. The van der Waals surface area contributed by atoms with Crippen molar-refractivity contribution in [1.82, 2.24) is 10.2 Å². The number of benzene rings is 1. The van der Waals surface area contributed by atoms with E-state index in [2.05, 4.69) is 15.5 Å². The molecule has 0 aromatic heterocycles. The number of halogens is 1. The number of nitrogens with one attached hydrogen (secondary N) is 2. The number of hydrogen-bond acceptors (Lipinski definition) is 6. The second-order valence-corrected chi connectivity index (χ2v) is 6.60. The first-order chi connectivity index (χ1) is 13.0. The lowest BCUT2D eigenvalue weighted by atomic mass is 9.97. The Bertz CT molecular complexity index is 677. The predicted octanol–water partition coefficient (Wildman–Crippen LogP) is 1.59. The fourth-order valence-electron chi connectivity index (χ4n) is 3.45. The van der Waals surface area contributed by atoms with Crippen molar-refractivity contribution in [1.29, 1.82) is 0 Å². The number of amides is 2. The summed E-state index contributed by atoms with van der Waals surface area (Å²) in [4.78, 5) is 24.7. The SMILES string of the molecule is O=C(NC[C@@H]([C@H]1CCOC1)N1CCOCC1)Nc1cc([N+](=O)[O-])ccc1F. The van der Waals surface area contributed by atoms with Gasteiger partial charge in [0.05, 0.1) is 30.4 Å². The molecule has 2 amide bonds. The minimum atomic E-state index is -0.732. The molecule has 0 aliphatic carbocycles. The highest BCUT2D eigenvalue weighted by Gasteiger charge is 2.31. The smallest absolute Gasteiger partial charge is 0.319 e. The maximum Gasteiger partial charge on any atom is 0.319 e. The number of nitrogens with zero attached hydrogens (tertiary/aromatic N) is 2. The van der Waals surface area contributed by atoms with Crippen LogP contribution < -0.4 is 10.6 Å². The van der Waals surface area contributed by atoms with Gasteiger partial charge in [0.15, 0.2) is 0 Å². The van der Waals surface area contributed by atoms with Crippen LogP contribution in [0, 0.1) is 21.8 Å². The van der Waals surface area contributed by atoms with Crippen molar-refractivity contribution in [2.45, 2.75) is 12.5 Å². The third kappa shape index (κ3) is 5.12. The minimum Gasteiger partial charge on any atom is -0.381 e. The van der Waals surface area contributed by atoms with Gasteiger partial charge in [0.25, 0.3) is 5.69 Å². The summed E-state index contributed by atoms with van der Waals surface area (Å²) in [7, 11) is 0. The van der Waals surface area contributed by atoms with Crippen molar-refractivity contribution in [2.24, 2.45) is 5.92 Å². The first-order valence-corrected chi connectivity index (χ1v) is 8.93. The Morgan fingerprint density at radius 1 is 1.33 bits per heavy atom. The molecule has 0 spiro atoms. The zero-order valence-corrected chi connectivity index (χ0v) is 14.9. The highest BCUT2D eigenvalue weighted by atomic mass is 19.1. The first-order valence-electron chi connectivity index (χ1n) is 8.93. The maximum atomic E-state index is 13.8. The number of non-ortho nitro benzene ring substituents is 1. The van der Waals surface area contributed by atoms with Crippen LogP contribution in [0.4, 0.5) is 20.6 Å². The predicted molar refractivity (Wildman–Crippen MR) is 95.2 cm³/mol. The molecule has 2 aliphatic rings. The van der Waals surface area contributed by atoms with Crippen molar-refractivity contribution in [3.8, 4) is 0 Å². The fourth-order valence-corrected chi connectivity index (χ4v) is 3.45. The van der Waals surface area contributed by atoms with E-state index in [0.29, 0.717) is 38.9 Å². The van der Waals surface area contributed by atoms with Crippen molar-refractivity contribution in [2.75, 3.05) is 51.4 Å². The van der Waals surface area contributed by atoms with E-state index < -0.39 is 16.8 Å². The highest BCUT2D eigenvalue weighted by Crippen LogP contribution is 2.23. The van der Waals surface area contributed by atoms with E-state index in [0.717, 1.165) is 37.7 Å². The molecule has 3 rings (SSSR count). The van der Waals surface area contributed by atoms with Gasteiger partial charge in [0.1, 0.15) is 5.82 Å². The number of hydrogen-bond donors (Lipinski definition) is 2. The van der Waals surface area contributed by atoms with Crippen molar-refractivity contribution < 1.29 is 23.6 Å². The number of urea groups is 1. The van der Waals surface area contributed by atoms with Gasteiger partial charge in [-0.2, -0.15) is 0 Å². The molecule has 2 saturated heterocycles. The second kappa shape index (κ2) is 9.07. The topological polar surface area (TPSA) is 106 Å². The van der Waals surface area contributed by atoms with Gasteiger partial charge in [0.2, 0.25) is 0 Å². The molecule has 0 saturated carbocycles. The Hall–Kier alpha value is -2.30. The Labute approximate surface area is 156 Å². The number of rotatable bonds is 6. The third-order valence-electron chi connectivity index (χ3n) is 4.90. The van der Waals surface area contributed by atoms with Crippen LogP contribution in [0.1, 0.15) is 6.42 Å². The normalized spacial score (nSPS) is 21.6. The van der Waals surface area contributed by atoms with Crippen LogP contribution >= 0.6 is 0 Å². The number of anilines is 1. The molecule has 1 aromatic carbocycles. The summed E-state index contributed by atoms with van der Waals surface area (Å²) in [6, 6.07) is 2.50. The summed E-state index contributed by atoms with van der Waals surface area (Å²) in [6.45, 7) is 4.58. The number of morpholine rings is 1. The van der Waals surface area contributed by atoms with Gasteiger partial charge in [-0.15, -0.1) is 0 Å². The quantitative estimate of drug-likeness (QED) is 0.572. The zero-order valence-electron chi connectivity index (χ0n) is 14.9. The molecular weight excluding hydrogens is 359 g/mol. The lowest BCUT2D eigenvalue weighted by Gasteiger charge is -2.37. The Morgan fingerprint density at radius 2 is 2.11 bits per heavy atom. The summed E-state index contributed by atoms with van der Waals surface area (Å²) < 4.78 is 24.7. The van der Waals surface area contributed by atoms with Gasteiger partial charge in [-0.1, -0.05) is 0 Å². The molecule has 2 aliphatic heterocycles. The molecule has 1 aromatic rings. The largest absolute Gasteiger partial charge is 0.381 e. The summed E-state index contributed by atoms with van der Waals surface area (Å²) in [6.07, 6.45) is 0.921. The maximum absolute atomic E-state index is 13.8. The first kappa shape index (κ1) is 19.5. The molecular formula is C17H23FN4O5. The summed E-state index contributed by atoms with van der Waals surface area (Å²) >= 11 is 0. The van der Waals surface area contributed by atoms with Crippen molar-refractivity contribution in [3.63, 3.8) is 0 Å². The summed E-state index contributed by atoms with van der Waals surface area (Å²) in [5.41, 5.74) is -0.519. The van der Waals surface area contributed by atoms with Gasteiger partial charge < -0.3 is 20.1 Å². The number of ether oxygens (including phenoxy) is 2. The monoisotopic (exact) mass is 382 g/mol. The average molecular weight is 382 g/mol. The molecule has 2 atom stereocenters. The zero-order chi connectivity index (χ0) is 19.2. The lowest BCUT2D eigenvalue weighted by Crippen LogP contribution is -2.52. The molecule has 0 unspecified atom stereocenters. The molecule has 9 nitrogen and oxygen atoms in total. The fraction of sp³-hybridized carbons (Fsp3) is 0.588. The lowest BCUT2D eigenvalue weighted by molar-refractivity contribution is -0.384. The van der Waals surface area contributed by atoms with E-state index in [9.17, 15) is 19.3 Å². The minimum absolute atomic E-state index is 0.0945. The van der Waals surface area contributed by atoms with Crippen LogP contribution in [0.15, 0.2) is 18.2 Å². The molecule has 2 heterocycles. The van der Waals surface area contributed by atoms with Crippen LogP contribution in [0.5, 0.6) is 0 Å². The molecule has 10 heteroatoms. The molecule has 148 valence electrons. The van der Waals surface area contributed by atoms with E-state index in [1.165, 1.54) is 0 Å². The number of carbonyl (C=O) groups is 1. The summed E-state index contributed by atoms with van der Waals surface area (Å²) in [5, 5.41) is 15.9. The van der Waals surface area contributed by atoms with Crippen molar-refractivity contribution >= 4 is 17.4 Å². The van der Waals surface area contributed by atoms with Gasteiger partial charge in [-0.3, -0.25) is 15.0 Å². The number of carbonyl (C=O) groups excluding carboxylic acids is 1. The molecule has 0 radical (unpaired) electrons. The Balaban J connectivity index is 1.60. The van der Waals surface area contributed by atoms with E-state index in [1.54, 1.807) is 0 Å². The standard InChI is InChI=1S/C17H23FN4O5/c18-14-2-1-13(22(24)25)9-15(14)20-17(23)19-10-16(12-3-6-27-11-12)21-4-7-26-8-5-21/h1-2,9,12,16H,3-8,10-11H2,(H2,19,20,23)/t12-,16-/m0/s1. The van der Waals surface area contributed by atoms with Gasteiger partial charge in [0, 0.05) is 50.3 Å². The number of nitro groups is 1. The molecule has 27 heavy (non-hydrogen) atoms. The van der Waals surface area contributed by atoms with Crippen LogP contribution in [0.3, 0.4) is 0 Å². The second-order valence-electron chi connectivity index (χ2n) is 6.60. The molecule has 0 bridgehead atoms. The molecule has 2 fully saturated rings. The third-order valence-corrected chi connectivity index (χ3v) is 4.90. The number of nitro benzene ring substituents is 1. The average Bonchev–Trinajstić information content (AvgIpc) is 3.19. The van der Waals surface area contributed by atoms with E-state index in [-0.39, 0.29) is 17.4 Å². The van der Waals surface area contributed by atoms with Gasteiger partial charge >= 0.3 is 6.03 Å². The Kier molecular flexibility index (Phi) is 6.54. The van der Waals surface area contributed by atoms with Crippen LogP contribution in [-0.2, 0) is 9.47 Å². The summed E-state index contributed by atoms with van der Waals surface area (Å²) in [5.74, 6) is -0.428. The van der Waals surface area contributed by atoms with Crippen LogP contribution in [-0.4, -0.2) is 68.0 Å². The highest BCUT2D eigenvalue weighted by molar-refractivity contribution is 5.89. The van der Waals surface area contributed by atoms with Gasteiger partial charge in [-0.05, 0) is 12.5 Å². The van der Waals surface area contributed by atoms with E-state index in [4.69, 9.17) is 9.47 Å². The van der Waals surface area contributed by atoms with Crippen molar-refractivity contribution in [3.05, 3.63) is 34.1 Å². The van der Waals surface area contributed by atoms with Gasteiger partial charge in [-0.25, -0.2) is 9.18 Å². The van der Waals surface area contributed by atoms with Crippen LogP contribution in [0.25, 0.3) is 0 Å². The van der Waals surface area contributed by atoms with Crippen LogP contribution in [0.2, 0.25) is 0 Å².